The van der Waals surface area contributed by atoms with Crippen LogP contribution in [-0.4, -0.2) is 53.4 Å². The molecule has 2 saturated heterocycles. The Balaban J connectivity index is 1.82. The third-order valence-electron chi connectivity index (χ3n) is 7.52. The summed E-state index contributed by atoms with van der Waals surface area (Å²) in [6.45, 7) is 3.84. The number of anilines is 1. The topological polar surface area (TPSA) is 82.0 Å². The van der Waals surface area contributed by atoms with E-state index in [0.717, 1.165) is 49.3 Å². The van der Waals surface area contributed by atoms with Gasteiger partial charge in [0.25, 0.3) is 0 Å². The Labute approximate surface area is 158 Å². The number of hydrogen-bond acceptors (Lipinski definition) is 6. The van der Waals surface area contributed by atoms with E-state index in [1.165, 1.54) is 7.11 Å². The molecule has 1 spiro atoms. The lowest BCUT2D eigenvalue weighted by Gasteiger charge is -2.57. The molecule has 0 radical (unpaired) electrons. The number of aromatic hydroxyl groups is 1. The molecule has 5 rings (SSSR count). The zero-order valence-corrected chi connectivity index (χ0v) is 15.8. The highest BCUT2D eigenvalue weighted by molar-refractivity contribution is 5.93. The molecule has 1 aromatic carbocycles. The molecule has 2 fully saturated rings. The summed E-state index contributed by atoms with van der Waals surface area (Å²) in [6, 6.07) is 5.58. The van der Waals surface area contributed by atoms with E-state index in [-0.39, 0.29) is 28.6 Å². The molecule has 3 aliphatic heterocycles. The van der Waals surface area contributed by atoms with Gasteiger partial charge in [0.1, 0.15) is 5.75 Å². The van der Waals surface area contributed by atoms with Crippen molar-refractivity contribution >= 4 is 11.7 Å². The molecule has 4 unspecified atom stereocenters. The van der Waals surface area contributed by atoms with E-state index < -0.39 is 6.10 Å². The van der Waals surface area contributed by atoms with Crippen LogP contribution in [0.2, 0.25) is 0 Å². The van der Waals surface area contributed by atoms with Crippen LogP contribution in [0.15, 0.2) is 29.5 Å². The number of nitrogens with zero attached hydrogens (tertiary/aromatic N) is 1. The third-order valence-corrected chi connectivity index (χ3v) is 7.52. The molecule has 1 aliphatic carbocycles. The van der Waals surface area contributed by atoms with E-state index in [1.54, 1.807) is 12.1 Å². The summed E-state index contributed by atoms with van der Waals surface area (Å²) in [4.78, 5) is 15.3. The zero-order valence-electron chi connectivity index (χ0n) is 15.8. The van der Waals surface area contributed by atoms with Crippen molar-refractivity contribution in [2.75, 3.05) is 25.5 Å². The van der Waals surface area contributed by atoms with Crippen LogP contribution in [0.3, 0.4) is 0 Å². The molecule has 27 heavy (non-hydrogen) atoms. The number of hydrogen-bond donors (Lipinski definition) is 3. The van der Waals surface area contributed by atoms with Crippen LogP contribution in [0.4, 0.5) is 5.69 Å². The van der Waals surface area contributed by atoms with Gasteiger partial charge in [-0.15, -0.1) is 0 Å². The van der Waals surface area contributed by atoms with Crippen molar-refractivity contribution in [3.63, 3.8) is 0 Å². The SMILES string of the molecule is COC(=O)C1=C2Nc3cc(O)ccc3C23CCN2CCCC(C(C)O)(C1)C23. The number of phenolic OH excluding ortho intramolecular Hbond substituents is 1. The second-order valence-corrected chi connectivity index (χ2v) is 8.55. The predicted molar refractivity (Wildman–Crippen MR) is 100 cm³/mol. The second-order valence-electron chi connectivity index (χ2n) is 8.55. The first-order valence-corrected chi connectivity index (χ1v) is 9.78. The van der Waals surface area contributed by atoms with Gasteiger partial charge >= 0.3 is 5.97 Å². The molecular weight excluding hydrogens is 344 g/mol. The number of carbonyl (C=O) groups excluding carboxylic acids is 1. The maximum atomic E-state index is 12.8. The van der Waals surface area contributed by atoms with Crippen LogP contribution in [0.5, 0.6) is 5.75 Å². The van der Waals surface area contributed by atoms with Crippen molar-refractivity contribution in [3.05, 3.63) is 35.0 Å². The molecule has 4 atom stereocenters. The smallest absolute Gasteiger partial charge is 0.335 e. The summed E-state index contributed by atoms with van der Waals surface area (Å²) in [5.41, 5.74) is 2.82. The normalized spacial score (nSPS) is 35.1. The Hall–Kier alpha value is -2.05. The fraction of sp³-hybridized carbons (Fsp3) is 0.571. The van der Waals surface area contributed by atoms with Gasteiger partial charge in [-0.1, -0.05) is 6.07 Å². The molecule has 6 heteroatoms. The lowest BCUT2D eigenvalue weighted by Crippen LogP contribution is -2.63. The summed E-state index contributed by atoms with van der Waals surface area (Å²) < 4.78 is 5.15. The second kappa shape index (κ2) is 5.49. The van der Waals surface area contributed by atoms with Gasteiger partial charge in [0.2, 0.25) is 0 Å². The van der Waals surface area contributed by atoms with Crippen molar-refractivity contribution in [1.29, 1.82) is 0 Å². The van der Waals surface area contributed by atoms with E-state index in [4.69, 9.17) is 4.74 Å². The van der Waals surface area contributed by atoms with Gasteiger partial charge in [-0.05, 0) is 57.3 Å². The monoisotopic (exact) mass is 370 g/mol. The Morgan fingerprint density at radius 2 is 2.19 bits per heavy atom. The largest absolute Gasteiger partial charge is 0.508 e. The zero-order chi connectivity index (χ0) is 19.0. The van der Waals surface area contributed by atoms with Crippen LogP contribution in [-0.2, 0) is 14.9 Å². The van der Waals surface area contributed by atoms with Crippen LogP contribution in [0.1, 0.15) is 38.2 Å². The molecule has 3 heterocycles. The minimum Gasteiger partial charge on any atom is -0.508 e. The fourth-order valence-corrected chi connectivity index (χ4v) is 6.52. The molecule has 0 bridgehead atoms. The predicted octanol–water partition coefficient (Wildman–Crippen LogP) is 2.12. The molecule has 3 N–H and O–H groups in total. The molecule has 1 aromatic rings. The van der Waals surface area contributed by atoms with Gasteiger partial charge in [-0.2, -0.15) is 0 Å². The lowest BCUT2D eigenvalue weighted by atomic mass is 9.53. The van der Waals surface area contributed by atoms with Gasteiger partial charge in [0.05, 0.1) is 24.2 Å². The number of piperidine rings is 1. The standard InChI is InChI=1S/C21H26N2O4/c1-12(24)20-6-3-8-23-9-7-21(19(20)23)15-5-4-13(25)10-16(15)22-17(21)14(11-20)18(26)27-2/h4-5,10,12,19,22,24-25H,3,6-9,11H2,1-2H3. The number of nitrogens with one attached hydrogen (secondary N) is 1. The summed E-state index contributed by atoms with van der Waals surface area (Å²) >= 11 is 0. The van der Waals surface area contributed by atoms with Crippen LogP contribution in [0, 0.1) is 5.41 Å². The van der Waals surface area contributed by atoms with E-state index >= 15 is 0 Å². The first-order chi connectivity index (χ1) is 12.9. The number of ether oxygens (including phenoxy) is 1. The molecule has 144 valence electrons. The summed E-state index contributed by atoms with van der Waals surface area (Å²) in [5, 5.41) is 24.4. The summed E-state index contributed by atoms with van der Waals surface area (Å²) in [6.07, 6.45) is 2.81. The van der Waals surface area contributed by atoms with E-state index in [0.29, 0.717) is 12.0 Å². The van der Waals surface area contributed by atoms with E-state index in [9.17, 15) is 15.0 Å². The minimum atomic E-state index is -0.525. The van der Waals surface area contributed by atoms with Crippen LogP contribution >= 0.6 is 0 Å². The molecule has 6 nitrogen and oxygen atoms in total. The maximum absolute atomic E-state index is 12.8. The van der Waals surface area contributed by atoms with Gasteiger partial charge in [0.15, 0.2) is 0 Å². The van der Waals surface area contributed by atoms with Gasteiger partial charge in [0, 0.05) is 28.9 Å². The average Bonchev–Trinajstić information content (AvgIpc) is 3.20. The van der Waals surface area contributed by atoms with Crippen molar-refractivity contribution < 1.29 is 19.7 Å². The van der Waals surface area contributed by atoms with Crippen molar-refractivity contribution in [2.24, 2.45) is 5.41 Å². The highest BCUT2D eigenvalue weighted by Gasteiger charge is 2.67. The quantitative estimate of drug-likeness (QED) is 0.692. The van der Waals surface area contributed by atoms with Gasteiger partial charge in [-0.25, -0.2) is 4.79 Å². The molecule has 0 saturated carbocycles. The number of methoxy groups -OCH3 is 1. The van der Waals surface area contributed by atoms with Crippen LogP contribution in [0.25, 0.3) is 0 Å². The number of fused-ring (bicyclic) bond motifs is 1. The van der Waals surface area contributed by atoms with Gasteiger partial charge in [-0.3, -0.25) is 4.90 Å². The molecule has 0 aromatic heterocycles. The number of rotatable bonds is 2. The Morgan fingerprint density at radius 3 is 2.93 bits per heavy atom. The Morgan fingerprint density at radius 1 is 1.37 bits per heavy atom. The van der Waals surface area contributed by atoms with Gasteiger partial charge < -0.3 is 20.3 Å². The summed E-state index contributed by atoms with van der Waals surface area (Å²) in [5.74, 6) is -0.117. The van der Waals surface area contributed by atoms with Crippen LogP contribution < -0.4 is 5.32 Å². The highest BCUT2D eigenvalue weighted by atomic mass is 16.5. The van der Waals surface area contributed by atoms with E-state index in [1.807, 2.05) is 13.0 Å². The Kier molecular flexibility index (Phi) is 3.47. The number of phenols is 1. The molecule has 0 amide bonds. The molecular formula is C21H26N2O4. The van der Waals surface area contributed by atoms with Crippen molar-refractivity contribution in [1.82, 2.24) is 4.90 Å². The number of aliphatic hydroxyl groups excluding tert-OH is 1. The highest BCUT2D eigenvalue weighted by Crippen LogP contribution is 2.65. The van der Waals surface area contributed by atoms with Crippen molar-refractivity contribution in [3.8, 4) is 5.75 Å². The number of carbonyl (C=O) groups is 1. The lowest BCUT2D eigenvalue weighted by molar-refractivity contribution is -0.138. The fourth-order valence-electron chi connectivity index (χ4n) is 6.52. The number of esters is 1. The minimum absolute atomic E-state index is 0.139. The molecule has 4 aliphatic rings. The van der Waals surface area contributed by atoms with E-state index in [2.05, 4.69) is 10.2 Å². The average molecular weight is 370 g/mol. The first kappa shape index (κ1) is 17.1. The first-order valence-electron chi connectivity index (χ1n) is 9.78. The number of aliphatic hydroxyl groups is 1. The third kappa shape index (κ3) is 1.95. The van der Waals surface area contributed by atoms with Crippen molar-refractivity contribution in [2.45, 2.75) is 50.2 Å². The maximum Gasteiger partial charge on any atom is 0.335 e. The summed E-state index contributed by atoms with van der Waals surface area (Å²) in [7, 11) is 1.42. The Bertz CT molecular complexity index is 864. The number of benzene rings is 1.